The van der Waals surface area contributed by atoms with Crippen molar-refractivity contribution in [3.05, 3.63) is 63.2 Å². The van der Waals surface area contributed by atoms with Crippen LogP contribution in [-0.2, 0) is 7.05 Å². The number of rotatable bonds is 2. The number of aromatic nitrogens is 6. The Balaban J connectivity index is 1.81. The molecule has 8 heteroatoms. The highest BCUT2D eigenvalue weighted by Crippen LogP contribution is 2.20. The monoisotopic (exact) mass is 418 g/mol. The molecule has 4 aromatic rings. The van der Waals surface area contributed by atoms with Gasteiger partial charge in [0.05, 0.1) is 12.4 Å². The molecule has 0 amide bonds. The second-order valence-electron chi connectivity index (χ2n) is 5.09. The lowest BCUT2D eigenvalue weighted by atomic mass is 10.1. The van der Waals surface area contributed by atoms with Gasteiger partial charge in [0.15, 0.2) is 5.65 Å². The Morgan fingerprint density at radius 1 is 1.09 bits per heavy atom. The van der Waals surface area contributed by atoms with E-state index in [0.29, 0.717) is 0 Å². The molecule has 4 rings (SSSR count). The molecule has 0 radical (unpaired) electrons. The van der Waals surface area contributed by atoms with E-state index < -0.39 is 0 Å². The summed E-state index contributed by atoms with van der Waals surface area (Å²) in [5.74, 6) is 0. The third kappa shape index (κ3) is 2.44. The predicted octanol–water partition coefficient (Wildman–Crippen LogP) is 1.89. The summed E-state index contributed by atoms with van der Waals surface area (Å²) in [4.78, 5) is 16.3. The fourth-order valence-corrected chi connectivity index (χ4v) is 2.72. The van der Waals surface area contributed by atoms with E-state index in [4.69, 9.17) is 0 Å². The molecule has 0 N–H and O–H groups in total. The number of halogens is 1. The first-order valence-electron chi connectivity index (χ1n) is 6.84. The van der Waals surface area contributed by atoms with Crippen LogP contribution in [0.2, 0.25) is 0 Å². The second-order valence-corrected chi connectivity index (χ2v) is 6.19. The van der Waals surface area contributed by atoms with Crippen LogP contribution in [0, 0.1) is 3.70 Å². The van der Waals surface area contributed by atoms with Crippen molar-refractivity contribution >= 4 is 28.2 Å². The van der Waals surface area contributed by atoms with Crippen molar-refractivity contribution in [1.82, 2.24) is 28.9 Å². The summed E-state index contributed by atoms with van der Waals surface area (Å²) in [6, 6.07) is 5.37. The van der Waals surface area contributed by atoms with E-state index in [-0.39, 0.29) is 5.56 Å². The first kappa shape index (κ1) is 14.1. The molecule has 0 aromatic carbocycles. The summed E-state index contributed by atoms with van der Waals surface area (Å²) in [7, 11) is 1.72. The topological polar surface area (TPSA) is 70.0 Å². The largest absolute Gasteiger partial charge is 0.319 e. The van der Waals surface area contributed by atoms with E-state index in [9.17, 15) is 4.79 Å². The zero-order valence-electron chi connectivity index (χ0n) is 12.1. The van der Waals surface area contributed by atoms with Crippen molar-refractivity contribution in [1.29, 1.82) is 0 Å². The zero-order valence-corrected chi connectivity index (χ0v) is 14.2. The van der Waals surface area contributed by atoms with E-state index in [1.165, 1.54) is 4.57 Å². The van der Waals surface area contributed by atoms with Crippen LogP contribution in [0.5, 0.6) is 0 Å². The van der Waals surface area contributed by atoms with E-state index in [0.717, 1.165) is 26.2 Å². The van der Waals surface area contributed by atoms with Gasteiger partial charge in [-0.3, -0.25) is 4.79 Å². The van der Waals surface area contributed by atoms with Gasteiger partial charge in [-0.2, -0.15) is 10.2 Å². The lowest BCUT2D eigenvalue weighted by Crippen LogP contribution is -2.13. The predicted molar refractivity (Wildman–Crippen MR) is 93.5 cm³/mol. The maximum Gasteiger partial charge on any atom is 0.250 e. The zero-order chi connectivity index (χ0) is 16.0. The molecule has 0 atom stereocenters. The highest BCUT2D eigenvalue weighted by atomic mass is 127. The Morgan fingerprint density at radius 2 is 1.96 bits per heavy atom. The van der Waals surface area contributed by atoms with Gasteiger partial charge in [0.25, 0.3) is 5.56 Å². The van der Waals surface area contributed by atoms with E-state index in [1.54, 1.807) is 40.9 Å². The molecule has 4 heterocycles. The minimum absolute atomic E-state index is 0.0533. The van der Waals surface area contributed by atoms with Gasteiger partial charge >= 0.3 is 0 Å². The maximum atomic E-state index is 11.8. The van der Waals surface area contributed by atoms with Crippen LogP contribution in [0.4, 0.5) is 0 Å². The smallest absolute Gasteiger partial charge is 0.250 e. The van der Waals surface area contributed by atoms with Gasteiger partial charge in [-0.15, -0.1) is 0 Å². The molecule has 4 aromatic heterocycles. The fraction of sp³-hybridized carbons (Fsp3) is 0.0667. The molecule has 7 nitrogen and oxygen atoms in total. The van der Waals surface area contributed by atoms with Gasteiger partial charge in [0.1, 0.15) is 9.39 Å². The van der Waals surface area contributed by atoms with Gasteiger partial charge in [0.2, 0.25) is 0 Å². The van der Waals surface area contributed by atoms with Crippen molar-refractivity contribution in [2.45, 2.75) is 0 Å². The molecule has 0 aliphatic rings. The lowest BCUT2D eigenvalue weighted by molar-refractivity contribution is 0.861. The van der Waals surface area contributed by atoms with Crippen LogP contribution in [-0.4, -0.2) is 28.9 Å². The van der Waals surface area contributed by atoms with Crippen molar-refractivity contribution in [2.75, 3.05) is 0 Å². The molecule has 0 unspecified atom stereocenters. The lowest BCUT2D eigenvalue weighted by Gasteiger charge is -2.00. The third-order valence-corrected chi connectivity index (χ3v) is 4.18. The normalized spacial score (nSPS) is 11.2. The van der Waals surface area contributed by atoms with Gasteiger partial charge in [0, 0.05) is 37.3 Å². The van der Waals surface area contributed by atoms with Gasteiger partial charge in [-0.1, -0.05) is 0 Å². The van der Waals surface area contributed by atoms with Crippen LogP contribution < -0.4 is 5.56 Å². The van der Waals surface area contributed by atoms with Crippen molar-refractivity contribution < 1.29 is 0 Å². The van der Waals surface area contributed by atoms with E-state index in [2.05, 4.69) is 37.8 Å². The van der Waals surface area contributed by atoms with Crippen LogP contribution in [0.1, 0.15) is 0 Å². The minimum Gasteiger partial charge on any atom is -0.319 e. The average molecular weight is 418 g/mol. The fourth-order valence-electron chi connectivity index (χ4n) is 2.33. The first-order chi connectivity index (χ1) is 11.1. The summed E-state index contributed by atoms with van der Waals surface area (Å²) >= 11 is 2.16. The molecule has 0 spiro atoms. The van der Waals surface area contributed by atoms with E-state index in [1.807, 2.05) is 24.5 Å². The summed E-state index contributed by atoms with van der Waals surface area (Å²) in [6.07, 6.45) is 8.92. The van der Waals surface area contributed by atoms with Crippen LogP contribution in [0.3, 0.4) is 0 Å². The van der Waals surface area contributed by atoms with Crippen LogP contribution >= 0.6 is 22.6 Å². The number of fused-ring (bicyclic) bond motifs is 1. The highest BCUT2D eigenvalue weighted by Gasteiger charge is 2.11. The first-order valence-corrected chi connectivity index (χ1v) is 7.92. The van der Waals surface area contributed by atoms with Crippen LogP contribution in [0.25, 0.3) is 22.5 Å². The van der Waals surface area contributed by atoms with Gasteiger partial charge < -0.3 is 4.57 Å². The Labute approximate surface area is 144 Å². The molecule has 0 saturated heterocycles. The SMILES string of the molecule is Cn1ccc(-c2cnn(-c3cnn4ccc(I)nc34)c2)cc1=O. The molecule has 0 aliphatic heterocycles. The van der Waals surface area contributed by atoms with Crippen molar-refractivity contribution in [2.24, 2.45) is 7.05 Å². The Kier molecular flexibility index (Phi) is 3.26. The third-order valence-electron chi connectivity index (χ3n) is 3.58. The van der Waals surface area contributed by atoms with Crippen molar-refractivity contribution in [3.8, 4) is 16.8 Å². The number of hydrogen-bond donors (Lipinski definition) is 0. The molecular weight excluding hydrogens is 407 g/mol. The summed E-state index contributed by atoms with van der Waals surface area (Å²) in [6.45, 7) is 0. The Morgan fingerprint density at radius 3 is 2.78 bits per heavy atom. The minimum atomic E-state index is -0.0533. The van der Waals surface area contributed by atoms with Crippen LogP contribution in [0.15, 0.2) is 54.0 Å². The summed E-state index contributed by atoms with van der Waals surface area (Å²) in [5.41, 5.74) is 3.17. The molecule has 0 saturated carbocycles. The highest BCUT2D eigenvalue weighted by molar-refractivity contribution is 14.1. The number of nitrogens with zero attached hydrogens (tertiary/aromatic N) is 6. The summed E-state index contributed by atoms with van der Waals surface area (Å²) in [5, 5.41) is 8.66. The molecule has 114 valence electrons. The molecule has 0 aliphatic carbocycles. The Hall–Kier alpha value is -2.49. The van der Waals surface area contributed by atoms with Gasteiger partial charge in [-0.25, -0.2) is 14.2 Å². The standard InChI is InChI=1S/C15H11IN6O/c1-20-4-2-10(6-14(20)23)11-7-17-22(9-11)12-8-18-21-5-3-13(16)19-15(12)21/h2-9H,1H3. The molecule has 0 fully saturated rings. The number of aryl methyl sites for hydroxylation is 1. The Bertz CT molecular complexity index is 1080. The number of hydrogen-bond acceptors (Lipinski definition) is 4. The molecule has 23 heavy (non-hydrogen) atoms. The van der Waals surface area contributed by atoms with E-state index >= 15 is 0 Å². The van der Waals surface area contributed by atoms with Crippen molar-refractivity contribution in [3.63, 3.8) is 0 Å². The average Bonchev–Trinajstić information content (AvgIpc) is 3.16. The number of pyridine rings is 1. The quantitative estimate of drug-likeness (QED) is 0.368. The second kappa shape index (κ2) is 5.30. The molecular formula is C15H11IN6O. The summed E-state index contributed by atoms with van der Waals surface area (Å²) < 4.78 is 5.84. The van der Waals surface area contributed by atoms with Gasteiger partial charge in [-0.05, 0) is 40.3 Å². The maximum absolute atomic E-state index is 11.8. The molecule has 0 bridgehead atoms.